The topological polar surface area (TPSA) is 38.9 Å². The molecule has 3 nitrogen and oxygen atoms in total. The molecule has 166 valence electrons. The van der Waals surface area contributed by atoms with Crippen LogP contribution in [0, 0.1) is 13.8 Å². The van der Waals surface area contributed by atoms with Gasteiger partial charge in [-0.3, -0.25) is 0 Å². The Hall–Kier alpha value is -4.50. The Labute approximate surface area is 202 Å². The van der Waals surface area contributed by atoms with E-state index in [2.05, 4.69) is 97.9 Å². The normalized spacial score (nSPS) is 11.7. The van der Waals surface area contributed by atoms with Gasteiger partial charge in [0.05, 0.1) is 11.2 Å². The molecule has 3 heteroatoms. The zero-order valence-corrected chi connectivity index (χ0v) is 19.5. The number of furan rings is 1. The third kappa shape index (κ3) is 3.05. The highest BCUT2D eigenvalue weighted by atomic mass is 16.3. The summed E-state index contributed by atoms with van der Waals surface area (Å²) in [6, 6.07) is 33.9. The lowest BCUT2D eigenvalue weighted by atomic mass is 9.98. The van der Waals surface area contributed by atoms with Crippen molar-refractivity contribution < 1.29 is 4.42 Å². The smallest absolute Gasteiger partial charge is 0.144 e. The maximum atomic E-state index is 6.54. The maximum Gasteiger partial charge on any atom is 0.144 e. The predicted molar refractivity (Wildman–Crippen MR) is 145 cm³/mol. The van der Waals surface area contributed by atoms with E-state index in [0.29, 0.717) is 0 Å². The van der Waals surface area contributed by atoms with E-state index in [-0.39, 0.29) is 0 Å². The summed E-state index contributed by atoms with van der Waals surface area (Å²) in [6.07, 6.45) is 0. The molecule has 0 unspecified atom stereocenters. The van der Waals surface area contributed by atoms with E-state index in [0.717, 1.165) is 60.9 Å². The average Bonchev–Trinajstić information content (AvgIpc) is 3.27. The first-order valence-corrected chi connectivity index (χ1v) is 11.9. The van der Waals surface area contributed by atoms with Gasteiger partial charge >= 0.3 is 0 Å². The quantitative estimate of drug-likeness (QED) is 0.247. The van der Waals surface area contributed by atoms with Gasteiger partial charge in [0.1, 0.15) is 17.0 Å². The Morgan fingerprint density at radius 1 is 0.571 bits per heavy atom. The molecule has 0 radical (unpaired) electrons. The summed E-state index contributed by atoms with van der Waals surface area (Å²) in [5.74, 6) is 0.751. The Morgan fingerprint density at radius 3 is 2.23 bits per heavy atom. The molecule has 35 heavy (non-hydrogen) atoms. The molecule has 0 amide bonds. The number of nitrogens with zero attached hydrogens (tertiary/aromatic N) is 2. The molecule has 0 aliphatic heterocycles. The van der Waals surface area contributed by atoms with Crippen molar-refractivity contribution >= 4 is 43.6 Å². The molecule has 7 rings (SSSR count). The van der Waals surface area contributed by atoms with Crippen LogP contribution in [0.5, 0.6) is 0 Å². The molecule has 0 spiro atoms. The van der Waals surface area contributed by atoms with Crippen LogP contribution in [0.2, 0.25) is 0 Å². The van der Waals surface area contributed by atoms with Crippen LogP contribution in [0.25, 0.3) is 66.0 Å². The number of rotatable bonds is 2. The van der Waals surface area contributed by atoms with Crippen molar-refractivity contribution in [3.8, 4) is 22.4 Å². The van der Waals surface area contributed by atoms with Gasteiger partial charge < -0.3 is 4.42 Å². The number of benzene rings is 5. The highest BCUT2D eigenvalue weighted by Crippen LogP contribution is 2.39. The molecule has 5 aromatic carbocycles. The van der Waals surface area contributed by atoms with Crippen LogP contribution in [0.1, 0.15) is 11.4 Å². The van der Waals surface area contributed by atoms with Crippen molar-refractivity contribution in [2.75, 3.05) is 0 Å². The fourth-order valence-corrected chi connectivity index (χ4v) is 5.22. The van der Waals surface area contributed by atoms with Crippen LogP contribution < -0.4 is 0 Å². The minimum atomic E-state index is 0.751. The molecule has 0 aliphatic rings. The molecule has 0 N–H and O–H groups in total. The van der Waals surface area contributed by atoms with Gasteiger partial charge in [-0.1, -0.05) is 72.8 Å². The van der Waals surface area contributed by atoms with Gasteiger partial charge in [0.15, 0.2) is 0 Å². The van der Waals surface area contributed by atoms with Gasteiger partial charge in [-0.25, -0.2) is 9.97 Å². The van der Waals surface area contributed by atoms with Crippen molar-refractivity contribution in [1.29, 1.82) is 0 Å². The first-order valence-electron chi connectivity index (χ1n) is 11.9. The van der Waals surface area contributed by atoms with Gasteiger partial charge in [0.25, 0.3) is 0 Å². The van der Waals surface area contributed by atoms with E-state index in [1.54, 1.807) is 0 Å². The molecular weight excluding hydrogens is 428 g/mol. The highest BCUT2D eigenvalue weighted by Gasteiger charge is 2.17. The van der Waals surface area contributed by atoms with Gasteiger partial charge in [0, 0.05) is 27.1 Å². The minimum Gasteiger partial charge on any atom is -0.455 e. The lowest BCUT2D eigenvalue weighted by Crippen LogP contribution is -1.95. The second-order valence-corrected chi connectivity index (χ2v) is 9.11. The first kappa shape index (κ1) is 19.9. The first-order chi connectivity index (χ1) is 17.2. The Morgan fingerprint density at radius 2 is 1.34 bits per heavy atom. The molecule has 2 heterocycles. The zero-order valence-electron chi connectivity index (χ0n) is 19.5. The molecule has 2 aromatic heterocycles. The third-order valence-electron chi connectivity index (χ3n) is 6.91. The van der Waals surface area contributed by atoms with Crippen molar-refractivity contribution in [1.82, 2.24) is 9.97 Å². The molecule has 0 fully saturated rings. The SMILES string of the molecule is Cc1nc(-c2cccc3c2oc2cc(-c4ccccc4)ccc23)c2ccc3c(C)cccc3c2n1. The molecule has 7 aromatic rings. The lowest BCUT2D eigenvalue weighted by Gasteiger charge is -2.11. The van der Waals surface area contributed by atoms with Gasteiger partial charge in [-0.05, 0) is 60.2 Å². The van der Waals surface area contributed by atoms with Crippen molar-refractivity contribution in [2.24, 2.45) is 0 Å². The van der Waals surface area contributed by atoms with E-state index in [4.69, 9.17) is 14.4 Å². The van der Waals surface area contributed by atoms with E-state index in [9.17, 15) is 0 Å². The zero-order chi connectivity index (χ0) is 23.5. The van der Waals surface area contributed by atoms with Crippen LogP contribution in [0.15, 0.2) is 101 Å². The van der Waals surface area contributed by atoms with Gasteiger partial charge in [-0.15, -0.1) is 0 Å². The standard InChI is InChI=1S/C32H22N2O/c1-19-8-6-11-25-23(19)16-17-27-30(25)33-20(2)34-31(27)28-13-7-12-26-24-15-14-22(18-29(24)35-32(26)28)21-9-4-3-5-10-21/h3-18H,1-2H3. The van der Waals surface area contributed by atoms with Crippen LogP contribution in [-0.4, -0.2) is 9.97 Å². The van der Waals surface area contributed by atoms with Crippen LogP contribution >= 0.6 is 0 Å². The van der Waals surface area contributed by atoms with Crippen molar-refractivity contribution in [3.05, 3.63) is 108 Å². The highest BCUT2D eigenvalue weighted by molar-refractivity contribution is 6.14. The summed E-state index contributed by atoms with van der Waals surface area (Å²) in [7, 11) is 0. The summed E-state index contributed by atoms with van der Waals surface area (Å²) >= 11 is 0. The number of aromatic nitrogens is 2. The fourth-order valence-electron chi connectivity index (χ4n) is 5.22. The van der Waals surface area contributed by atoms with E-state index >= 15 is 0 Å². The Kier molecular flexibility index (Phi) is 4.27. The van der Waals surface area contributed by atoms with E-state index in [1.807, 2.05) is 13.0 Å². The molecule has 0 aliphatic carbocycles. The monoisotopic (exact) mass is 450 g/mol. The van der Waals surface area contributed by atoms with E-state index in [1.165, 1.54) is 16.5 Å². The molecular formula is C32H22N2O. The largest absolute Gasteiger partial charge is 0.455 e. The minimum absolute atomic E-state index is 0.751. The van der Waals surface area contributed by atoms with Crippen LogP contribution in [0.3, 0.4) is 0 Å². The summed E-state index contributed by atoms with van der Waals surface area (Å²) in [6.45, 7) is 4.10. The molecule has 0 saturated heterocycles. The summed E-state index contributed by atoms with van der Waals surface area (Å²) in [5.41, 5.74) is 8.18. The van der Waals surface area contributed by atoms with Gasteiger partial charge in [0.2, 0.25) is 0 Å². The van der Waals surface area contributed by atoms with Crippen LogP contribution in [-0.2, 0) is 0 Å². The number of hydrogen-bond donors (Lipinski definition) is 0. The Balaban J connectivity index is 1.51. The number of fused-ring (bicyclic) bond motifs is 6. The molecule has 0 bridgehead atoms. The van der Waals surface area contributed by atoms with Crippen molar-refractivity contribution in [3.63, 3.8) is 0 Å². The summed E-state index contributed by atoms with van der Waals surface area (Å²) in [4.78, 5) is 9.77. The molecule has 0 atom stereocenters. The summed E-state index contributed by atoms with van der Waals surface area (Å²) in [5, 5.41) is 5.61. The lowest BCUT2D eigenvalue weighted by molar-refractivity contribution is 0.670. The molecule has 0 saturated carbocycles. The second kappa shape index (κ2) is 7.51. The second-order valence-electron chi connectivity index (χ2n) is 9.11. The maximum absolute atomic E-state index is 6.54. The van der Waals surface area contributed by atoms with Crippen LogP contribution in [0.4, 0.5) is 0 Å². The van der Waals surface area contributed by atoms with E-state index < -0.39 is 0 Å². The number of hydrogen-bond acceptors (Lipinski definition) is 3. The fraction of sp³-hybridized carbons (Fsp3) is 0.0625. The number of aryl methyl sites for hydroxylation is 2. The average molecular weight is 451 g/mol. The van der Waals surface area contributed by atoms with Gasteiger partial charge in [-0.2, -0.15) is 0 Å². The predicted octanol–water partition coefficient (Wildman–Crippen LogP) is 8.63. The summed E-state index contributed by atoms with van der Waals surface area (Å²) < 4.78 is 6.54. The third-order valence-corrected chi connectivity index (χ3v) is 6.91. The van der Waals surface area contributed by atoms with Crippen molar-refractivity contribution in [2.45, 2.75) is 13.8 Å². The Bertz CT molecular complexity index is 1920. The number of para-hydroxylation sites is 1.